The Bertz CT molecular complexity index is 828. The molecule has 0 aliphatic carbocycles. The zero-order valence-corrected chi connectivity index (χ0v) is 13.2. The molecule has 1 aromatic heterocycles. The molecule has 25 heavy (non-hydrogen) atoms. The number of aliphatic hydroxyl groups is 4. The monoisotopic (exact) mass is 354 g/mol. The van der Waals surface area contributed by atoms with Gasteiger partial charge in [-0.25, -0.2) is 4.79 Å². The maximum atomic E-state index is 11.7. The average Bonchev–Trinajstić information content (AvgIpc) is 2.54. The van der Waals surface area contributed by atoms with Crippen molar-refractivity contribution in [3.63, 3.8) is 0 Å². The Morgan fingerprint density at radius 1 is 1.12 bits per heavy atom. The van der Waals surface area contributed by atoms with Crippen LogP contribution in [0, 0.1) is 6.92 Å². The number of hydrogen-bond acceptors (Lipinski definition) is 9. The Labute approximate surface area is 141 Å². The van der Waals surface area contributed by atoms with Gasteiger partial charge in [-0.1, -0.05) is 0 Å². The highest BCUT2D eigenvalue weighted by Gasteiger charge is 2.44. The smallest absolute Gasteiger partial charge is 0.339 e. The van der Waals surface area contributed by atoms with E-state index < -0.39 is 42.9 Å². The first kappa shape index (κ1) is 17.6. The lowest BCUT2D eigenvalue weighted by atomic mass is 9.99. The average molecular weight is 354 g/mol. The molecule has 1 saturated heterocycles. The second kappa shape index (κ2) is 6.62. The van der Waals surface area contributed by atoms with Gasteiger partial charge in [0.05, 0.1) is 18.1 Å². The molecule has 5 atom stereocenters. The van der Waals surface area contributed by atoms with Crippen molar-refractivity contribution in [3.8, 4) is 11.5 Å². The molecule has 1 aromatic carbocycles. The Balaban J connectivity index is 2.01. The molecule has 2 heterocycles. The summed E-state index contributed by atoms with van der Waals surface area (Å²) >= 11 is 0. The Hall–Kier alpha value is -2.17. The zero-order chi connectivity index (χ0) is 18.3. The Morgan fingerprint density at radius 3 is 2.52 bits per heavy atom. The molecule has 136 valence electrons. The third kappa shape index (κ3) is 3.20. The van der Waals surface area contributed by atoms with E-state index >= 15 is 0 Å². The zero-order valence-electron chi connectivity index (χ0n) is 13.2. The summed E-state index contributed by atoms with van der Waals surface area (Å²) < 4.78 is 15.8. The number of aliphatic hydroxyl groups excluding tert-OH is 4. The van der Waals surface area contributed by atoms with Crippen molar-refractivity contribution in [1.82, 2.24) is 0 Å². The molecule has 5 N–H and O–H groups in total. The van der Waals surface area contributed by atoms with Gasteiger partial charge in [0.1, 0.15) is 41.5 Å². The van der Waals surface area contributed by atoms with E-state index in [0.29, 0.717) is 10.9 Å². The van der Waals surface area contributed by atoms with Gasteiger partial charge in [0.25, 0.3) is 0 Å². The maximum absolute atomic E-state index is 11.7. The highest BCUT2D eigenvalue weighted by molar-refractivity contribution is 5.87. The highest BCUT2D eigenvalue weighted by Crippen LogP contribution is 2.33. The predicted octanol–water partition coefficient (Wildman–Crippen LogP) is -1.01. The standard InChI is InChI=1S/C16H18O9/c1-6-2-7(18)3-8-12(6)9(4-11(19)23-8)24-16-15(22)14(21)13(20)10(5-17)25-16/h2-4,10,13-18,20-22H,5H2,1H3/t10-,13-,14+,15-,16-/m1/s1. The first-order chi connectivity index (χ1) is 11.8. The minimum atomic E-state index is -1.61. The van der Waals surface area contributed by atoms with Crippen molar-refractivity contribution in [2.24, 2.45) is 0 Å². The molecule has 0 bridgehead atoms. The van der Waals surface area contributed by atoms with Crippen LogP contribution in [0.25, 0.3) is 11.0 Å². The summed E-state index contributed by atoms with van der Waals surface area (Å²) in [5.74, 6) is -0.0915. The van der Waals surface area contributed by atoms with Crippen LogP contribution >= 0.6 is 0 Å². The molecule has 0 saturated carbocycles. The molecule has 0 unspecified atom stereocenters. The van der Waals surface area contributed by atoms with Crippen molar-refractivity contribution in [2.45, 2.75) is 37.6 Å². The normalized spacial score (nSPS) is 29.7. The fraction of sp³-hybridized carbons (Fsp3) is 0.438. The summed E-state index contributed by atoms with van der Waals surface area (Å²) in [5.41, 5.74) is -0.139. The molecule has 0 spiro atoms. The number of benzene rings is 1. The van der Waals surface area contributed by atoms with Crippen LogP contribution in [-0.4, -0.2) is 62.8 Å². The van der Waals surface area contributed by atoms with Crippen LogP contribution in [-0.2, 0) is 4.74 Å². The number of hydrogen-bond donors (Lipinski definition) is 5. The minimum absolute atomic E-state index is 0.00748. The molecule has 0 radical (unpaired) electrons. The molecule has 1 aliphatic rings. The predicted molar refractivity (Wildman–Crippen MR) is 83.3 cm³/mol. The largest absolute Gasteiger partial charge is 0.508 e. The number of aryl methyl sites for hydroxylation is 1. The minimum Gasteiger partial charge on any atom is -0.508 e. The van der Waals surface area contributed by atoms with Crippen molar-refractivity contribution in [3.05, 3.63) is 34.2 Å². The SMILES string of the molecule is Cc1cc(O)cc2oc(=O)cc(O[C@@H]3O[C@H](CO)[C@@H](O)[C@H](O)[C@H]3O)c12. The van der Waals surface area contributed by atoms with Crippen molar-refractivity contribution in [1.29, 1.82) is 0 Å². The second-order valence-corrected chi connectivity index (χ2v) is 5.88. The fourth-order valence-electron chi connectivity index (χ4n) is 2.83. The van der Waals surface area contributed by atoms with Crippen LogP contribution in [0.15, 0.2) is 27.4 Å². The van der Waals surface area contributed by atoms with Gasteiger partial charge in [-0.05, 0) is 18.6 Å². The first-order valence-electron chi connectivity index (χ1n) is 7.56. The lowest BCUT2D eigenvalue weighted by molar-refractivity contribution is -0.277. The van der Waals surface area contributed by atoms with Crippen molar-refractivity contribution < 1.29 is 39.4 Å². The number of rotatable bonds is 3. The van der Waals surface area contributed by atoms with Crippen molar-refractivity contribution >= 4 is 11.0 Å². The van der Waals surface area contributed by atoms with Gasteiger partial charge in [-0.3, -0.25) is 0 Å². The van der Waals surface area contributed by atoms with E-state index in [-0.39, 0.29) is 17.1 Å². The number of aromatic hydroxyl groups is 1. The van der Waals surface area contributed by atoms with Crippen LogP contribution in [0.3, 0.4) is 0 Å². The molecule has 9 nitrogen and oxygen atoms in total. The fourth-order valence-corrected chi connectivity index (χ4v) is 2.83. The van der Waals surface area contributed by atoms with E-state index in [1.54, 1.807) is 6.92 Å². The summed E-state index contributed by atoms with van der Waals surface area (Å²) in [6.45, 7) is 1.05. The van der Waals surface area contributed by atoms with E-state index in [1.807, 2.05) is 0 Å². The maximum Gasteiger partial charge on any atom is 0.339 e. The van der Waals surface area contributed by atoms with Gasteiger partial charge in [0, 0.05) is 6.07 Å². The van der Waals surface area contributed by atoms with E-state index in [2.05, 4.69) is 0 Å². The van der Waals surface area contributed by atoms with Crippen LogP contribution < -0.4 is 10.4 Å². The second-order valence-electron chi connectivity index (χ2n) is 5.88. The summed E-state index contributed by atoms with van der Waals surface area (Å²) in [5, 5.41) is 48.9. The summed E-state index contributed by atoms with van der Waals surface area (Å²) in [6.07, 6.45) is -7.31. The van der Waals surface area contributed by atoms with E-state index in [9.17, 15) is 30.3 Å². The van der Waals surface area contributed by atoms with Gasteiger partial charge in [-0.2, -0.15) is 0 Å². The lowest BCUT2D eigenvalue weighted by Gasteiger charge is -2.39. The Morgan fingerprint density at radius 2 is 1.84 bits per heavy atom. The van der Waals surface area contributed by atoms with Crippen molar-refractivity contribution in [2.75, 3.05) is 6.61 Å². The van der Waals surface area contributed by atoms with Crippen LogP contribution in [0.5, 0.6) is 11.5 Å². The van der Waals surface area contributed by atoms with Crippen LogP contribution in [0.4, 0.5) is 0 Å². The number of phenolic OH excluding ortho intramolecular Hbond substituents is 1. The third-order valence-electron chi connectivity index (χ3n) is 4.08. The third-order valence-corrected chi connectivity index (χ3v) is 4.08. The van der Waals surface area contributed by atoms with Crippen LogP contribution in [0.1, 0.15) is 5.56 Å². The molecule has 9 heteroatoms. The molecule has 1 aliphatic heterocycles. The van der Waals surface area contributed by atoms with Gasteiger partial charge in [0.2, 0.25) is 6.29 Å². The van der Waals surface area contributed by atoms with Crippen LogP contribution in [0.2, 0.25) is 0 Å². The molecule has 1 fully saturated rings. The van der Waals surface area contributed by atoms with E-state index in [4.69, 9.17) is 13.9 Å². The quantitative estimate of drug-likeness (QED) is 0.437. The topological polar surface area (TPSA) is 150 Å². The molecule has 2 aromatic rings. The molecular formula is C16H18O9. The number of fused-ring (bicyclic) bond motifs is 1. The molecule has 3 rings (SSSR count). The molecular weight excluding hydrogens is 336 g/mol. The highest BCUT2D eigenvalue weighted by atomic mass is 16.7. The summed E-state index contributed by atoms with van der Waals surface area (Å²) in [7, 11) is 0. The van der Waals surface area contributed by atoms with Gasteiger partial charge in [0.15, 0.2) is 0 Å². The first-order valence-corrected chi connectivity index (χ1v) is 7.56. The Kier molecular flexibility index (Phi) is 4.67. The lowest BCUT2D eigenvalue weighted by Crippen LogP contribution is -2.60. The summed E-state index contributed by atoms with van der Waals surface area (Å²) in [4.78, 5) is 11.7. The summed E-state index contributed by atoms with van der Waals surface area (Å²) in [6, 6.07) is 3.71. The molecule has 0 amide bonds. The van der Waals surface area contributed by atoms with E-state index in [0.717, 1.165) is 6.07 Å². The van der Waals surface area contributed by atoms with E-state index in [1.165, 1.54) is 12.1 Å². The van der Waals surface area contributed by atoms with Gasteiger partial charge in [-0.15, -0.1) is 0 Å². The number of phenols is 1. The number of ether oxygens (including phenoxy) is 2. The van der Waals surface area contributed by atoms with Gasteiger partial charge < -0.3 is 39.4 Å². The van der Waals surface area contributed by atoms with Gasteiger partial charge >= 0.3 is 5.63 Å².